The van der Waals surface area contributed by atoms with Gasteiger partial charge in [0.15, 0.2) is 0 Å². The van der Waals surface area contributed by atoms with Crippen LogP contribution in [0.15, 0.2) is 33.8 Å². The Kier molecular flexibility index (Phi) is 4.41. The Morgan fingerprint density at radius 2 is 2.00 bits per heavy atom. The van der Waals surface area contributed by atoms with Gasteiger partial charge in [-0.15, -0.1) is 11.3 Å². The highest BCUT2D eigenvalue weighted by atomic mass is 32.2. The van der Waals surface area contributed by atoms with Crippen LogP contribution in [0, 0.1) is 6.92 Å². The molecule has 19 heavy (non-hydrogen) atoms. The first-order valence-electron chi connectivity index (χ1n) is 5.79. The van der Waals surface area contributed by atoms with E-state index < -0.39 is 10.0 Å². The lowest BCUT2D eigenvalue weighted by Crippen LogP contribution is -2.22. The van der Waals surface area contributed by atoms with Crippen LogP contribution in [-0.4, -0.2) is 15.5 Å². The van der Waals surface area contributed by atoms with Crippen LogP contribution in [0.2, 0.25) is 0 Å². The number of nitrogens with one attached hydrogen (secondary N) is 2. The number of furan rings is 1. The fraction of sp³-hybridized carbons (Fsp3) is 0.333. The molecule has 0 fully saturated rings. The van der Waals surface area contributed by atoms with Crippen LogP contribution in [0.4, 0.5) is 0 Å². The summed E-state index contributed by atoms with van der Waals surface area (Å²) in [5, 5.41) is 2.85. The number of rotatable bonds is 6. The Labute approximate surface area is 116 Å². The Bertz CT molecular complexity index is 643. The number of thiophene rings is 1. The molecule has 0 unspecified atom stereocenters. The quantitative estimate of drug-likeness (QED) is 0.854. The topological polar surface area (TPSA) is 71.3 Å². The highest BCUT2D eigenvalue weighted by molar-refractivity contribution is 7.89. The molecule has 0 aliphatic rings. The van der Waals surface area contributed by atoms with Gasteiger partial charge in [-0.05, 0) is 38.2 Å². The fourth-order valence-corrected chi connectivity index (χ4v) is 3.46. The maximum Gasteiger partial charge on any atom is 0.274 e. The molecule has 0 saturated carbocycles. The van der Waals surface area contributed by atoms with Crippen LogP contribution < -0.4 is 10.0 Å². The summed E-state index contributed by atoms with van der Waals surface area (Å²) in [6, 6.07) is 7.00. The van der Waals surface area contributed by atoms with Gasteiger partial charge in [0.2, 0.25) is 5.09 Å². The van der Waals surface area contributed by atoms with Crippen molar-refractivity contribution in [2.75, 3.05) is 7.05 Å². The summed E-state index contributed by atoms with van der Waals surface area (Å²) in [5.74, 6) is 0.592. The van der Waals surface area contributed by atoms with E-state index in [1.165, 1.54) is 6.07 Å². The molecular weight excluding hydrogens is 284 g/mol. The van der Waals surface area contributed by atoms with Crippen LogP contribution >= 0.6 is 11.3 Å². The molecule has 0 saturated heterocycles. The minimum Gasteiger partial charge on any atom is -0.447 e. The molecule has 0 amide bonds. The monoisotopic (exact) mass is 300 g/mol. The highest BCUT2D eigenvalue weighted by Crippen LogP contribution is 2.17. The Morgan fingerprint density at radius 1 is 1.21 bits per heavy atom. The zero-order chi connectivity index (χ0) is 13.9. The molecule has 5 nitrogen and oxygen atoms in total. The van der Waals surface area contributed by atoms with Crippen molar-refractivity contribution in [3.63, 3.8) is 0 Å². The van der Waals surface area contributed by atoms with Gasteiger partial charge in [0.05, 0.1) is 6.54 Å². The molecule has 2 rings (SSSR count). The molecule has 0 aliphatic carbocycles. The predicted octanol–water partition coefficient (Wildman–Crippen LogP) is 1.85. The van der Waals surface area contributed by atoms with E-state index in [2.05, 4.69) is 10.0 Å². The molecule has 0 aliphatic heterocycles. The van der Waals surface area contributed by atoms with Gasteiger partial charge in [-0.2, -0.15) is 0 Å². The van der Waals surface area contributed by atoms with Gasteiger partial charge in [0.25, 0.3) is 10.0 Å². The minimum absolute atomic E-state index is 0.0500. The molecular formula is C12H16N2O3S2. The number of aryl methyl sites for hydroxylation is 1. The average Bonchev–Trinajstić information content (AvgIpc) is 2.97. The summed E-state index contributed by atoms with van der Waals surface area (Å²) >= 11 is 1.57. The lowest BCUT2D eigenvalue weighted by Gasteiger charge is -2.02. The van der Waals surface area contributed by atoms with E-state index in [-0.39, 0.29) is 11.6 Å². The standard InChI is InChI=1S/C12H16N2O3S2/c1-9-3-5-11(18-9)8-14-19(15,16)12-6-4-10(17-12)7-13-2/h3-6,13-14H,7-8H2,1-2H3. The van der Waals surface area contributed by atoms with Crippen molar-refractivity contribution in [2.24, 2.45) is 0 Å². The van der Waals surface area contributed by atoms with Crippen molar-refractivity contribution >= 4 is 21.4 Å². The van der Waals surface area contributed by atoms with Crippen LogP contribution in [0.25, 0.3) is 0 Å². The summed E-state index contributed by atoms with van der Waals surface area (Å²) in [6.07, 6.45) is 0. The van der Waals surface area contributed by atoms with Gasteiger partial charge in [-0.3, -0.25) is 0 Å². The summed E-state index contributed by atoms with van der Waals surface area (Å²) in [5.41, 5.74) is 0. The van der Waals surface area contributed by atoms with Crippen LogP contribution in [0.3, 0.4) is 0 Å². The van der Waals surface area contributed by atoms with E-state index in [4.69, 9.17) is 4.42 Å². The predicted molar refractivity (Wildman–Crippen MR) is 74.6 cm³/mol. The summed E-state index contributed by atoms with van der Waals surface area (Å²) < 4.78 is 31.8. The normalized spacial score (nSPS) is 11.9. The average molecular weight is 300 g/mol. The van der Waals surface area contributed by atoms with E-state index >= 15 is 0 Å². The number of sulfonamides is 1. The smallest absolute Gasteiger partial charge is 0.274 e. The first-order valence-corrected chi connectivity index (χ1v) is 8.09. The van der Waals surface area contributed by atoms with Gasteiger partial charge in [0, 0.05) is 16.3 Å². The molecule has 7 heteroatoms. The van der Waals surface area contributed by atoms with E-state index in [0.29, 0.717) is 12.3 Å². The first-order chi connectivity index (χ1) is 9.01. The third-order valence-electron chi connectivity index (χ3n) is 2.49. The number of hydrogen-bond donors (Lipinski definition) is 2. The van der Waals surface area contributed by atoms with Crippen LogP contribution in [0.5, 0.6) is 0 Å². The lowest BCUT2D eigenvalue weighted by atomic mass is 10.4. The zero-order valence-electron chi connectivity index (χ0n) is 10.8. The summed E-state index contributed by atoms with van der Waals surface area (Å²) in [4.78, 5) is 2.13. The Hall–Kier alpha value is -1.15. The maximum atomic E-state index is 12.0. The zero-order valence-corrected chi connectivity index (χ0v) is 12.4. The third kappa shape index (κ3) is 3.66. The van der Waals surface area contributed by atoms with E-state index in [1.807, 2.05) is 19.1 Å². The van der Waals surface area contributed by atoms with Gasteiger partial charge in [-0.1, -0.05) is 0 Å². The molecule has 104 valence electrons. The molecule has 2 aromatic heterocycles. The van der Waals surface area contributed by atoms with Gasteiger partial charge < -0.3 is 9.73 Å². The highest BCUT2D eigenvalue weighted by Gasteiger charge is 2.18. The van der Waals surface area contributed by atoms with E-state index in [9.17, 15) is 8.42 Å². The van der Waals surface area contributed by atoms with Crippen LogP contribution in [0.1, 0.15) is 15.5 Å². The minimum atomic E-state index is -3.58. The summed E-state index contributed by atoms with van der Waals surface area (Å²) in [7, 11) is -1.81. The lowest BCUT2D eigenvalue weighted by molar-refractivity contribution is 0.404. The summed E-state index contributed by atoms with van der Waals surface area (Å²) in [6.45, 7) is 2.77. The maximum absolute atomic E-state index is 12.0. The van der Waals surface area contributed by atoms with E-state index in [0.717, 1.165) is 9.75 Å². The molecule has 0 radical (unpaired) electrons. The van der Waals surface area contributed by atoms with Gasteiger partial charge in [-0.25, -0.2) is 13.1 Å². The fourth-order valence-electron chi connectivity index (χ4n) is 1.59. The van der Waals surface area contributed by atoms with Crippen molar-refractivity contribution < 1.29 is 12.8 Å². The second-order valence-corrected chi connectivity index (χ2v) is 7.16. The van der Waals surface area contributed by atoms with Crippen LogP contribution in [-0.2, 0) is 23.1 Å². The second kappa shape index (κ2) is 5.87. The molecule has 0 bridgehead atoms. The van der Waals surface area contributed by atoms with E-state index in [1.54, 1.807) is 24.5 Å². The van der Waals surface area contributed by atoms with Crippen molar-refractivity contribution in [2.45, 2.75) is 25.1 Å². The molecule has 0 atom stereocenters. The van der Waals surface area contributed by atoms with Gasteiger partial charge >= 0.3 is 0 Å². The molecule has 2 N–H and O–H groups in total. The Morgan fingerprint density at radius 3 is 2.63 bits per heavy atom. The third-order valence-corrected chi connectivity index (χ3v) is 4.76. The molecule has 2 heterocycles. The largest absolute Gasteiger partial charge is 0.447 e. The van der Waals surface area contributed by atoms with Crippen molar-refractivity contribution in [3.05, 3.63) is 39.8 Å². The van der Waals surface area contributed by atoms with Crippen molar-refractivity contribution in [3.8, 4) is 0 Å². The van der Waals surface area contributed by atoms with Crippen molar-refractivity contribution in [1.29, 1.82) is 0 Å². The molecule has 0 spiro atoms. The number of hydrogen-bond acceptors (Lipinski definition) is 5. The Balaban J connectivity index is 2.04. The van der Waals surface area contributed by atoms with Crippen molar-refractivity contribution in [1.82, 2.24) is 10.0 Å². The SMILES string of the molecule is CNCc1ccc(S(=O)(=O)NCc2ccc(C)s2)o1. The molecule has 0 aromatic carbocycles. The second-order valence-electron chi connectivity index (χ2n) is 4.09. The first kappa shape index (κ1) is 14.3. The molecule has 2 aromatic rings. The van der Waals surface area contributed by atoms with Gasteiger partial charge in [0.1, 0.15) is 5.76 Å².